The molecule has 0 spiro atoms. The van der Waals surface area contributed by atoms with Crippen LogP contribution in [0.4, 0.5) is 0 Å². The number of aromatic nitrogens is 3. The maximum absolute atomic E-state index is 11.0. The SMILES string of the molecule is Oc1c([C@@H](c2ccccc2Cl)[NH+]2CCCC2)sc2nc(-c3ccco3)nn12. The van der Waals surface area contributed by atoms with Crippen LogP contribution in [-0.2, 0) is 0 Å². The highest BCUT2D eigenvalue weighted by Crippen LogP contribution is 2.38. The summed E-state index contributed by atoms with van der Waals surface area (Å²) in [5.74, 6) is 1.18. The van der Waals surface area contributed by atoms with Gasteiger partial charge < -0.3 is 14.4 Å². The monoisotopic (exact) mass is 401 g/mol. The summed E-state index contributed by atoms with van der Waals surface area (Å²) in [6.45, 7) is 2.11. The van der Waals surface area contributed by atoms with Crippen LogP contribution in [-0.4, -0.2) is 32.8 Å². The molecule has 8 heteroatoms. The molecule has 1 fully saturated rings. The minimum Gasteiger partial charge on any atom is -0.492 e. The number of benzene rings is 1. The Morgan fingerprint density at radius 2 is 2.00 bits per heavy atom. The lowest BCUT2D eigenvalue weighted by atomic mass is 10.0. The van der Waals surface area contributed by atoms with Crippen molar-refractivity contribution in [2.75, 3.05) is 13.1 Å². The first-order valence-electron chi connectivity index (χ1n) is 8.93. The third-order valence-electron chi connectivity index (χ3n) is 5.07. The zero-order valence-corrected chi connectivity index (χ0v) is 16.0. The molecule has 1 saturated heterocycles. The number of nitrogens with zero attached hydrogens (tertiary/aromatic N) is 3. The second-order valence-corrected chi connectivity index (χ2v) is 8.13. The molecule has 1 aliphatic rings. The van der Waals surface area contributed by atoms with Crippen LogP contribution >= 0.6 is 22.9 Å². The van der Waals surface area contributed by atoms with Crippen molar-refractivity contribution in [2.45, 2.75) is 18.9 Å². The fraction of sp³-hybridized carbons (Fsp3) is 0.263. The number of quaternary nitrogens is 1. The molecular weight excluding hydrogens is 384 g/mol. The predicted octanol–water partition coefficient (Wildman–Crippen LogP) is 3.18. The summed E-state index contributed by atoms with van der Waals surface area (Å²) in [6, 6.07) is 11.4. The van der Waals surface area contributed by atoms with Crippen LogP contribution in [0.15, 0.2) is 47.1 Å². The Bertz CT molecular complexity index is 1080. The van der Waals surface area contributed by atoms with Crippen molar-refractivity contribution in [1.29, 1.82) is 0 Å². The Morgan fingerprint density at radius 3 is 2.70 bits per heavy atom. The van der Waals surface area contributed by atoms with Crippen LogP contribution in [0.5, 0.6) is 5.88 Å². The summed E-state index contributed by atoms with van der Waals surface area (Å²) in [4.78, 5) is 7.44. The van der Waals surface area contributed by atoms with Crippen LogP contribution in [0, 0.1) is 0 Å². The number of furan rings is 1. The Labute approximate surface area is 164 Å². The Hall–Kier alpha value is -2.35. The summed E-state index contributed by atoms with van der Waals surface area (Å²) < 4.78 is 6.86. The van der Waals surface area contributed by atoms with E-state index in [4.69, 9.17) is 16.0 Å². The molecule has 0 unspecified atom stereocenters. The quantitative estimate of drug-likeness (QED) is 0.551. The van der Waals surface area contributed by atoms with Crippen molar-refractivity contribution in [3.63, 3.8) is 0 Å². The van der Waals surface area contributed by atoms with Gasteiger partial charge in [-0.3, -0.25) is 0 Å². The Balaban J connectivity index is 1.63. The maximum atomic E-state index is 11.0. The summed E-state index contributed by atoms with van der Waals surface area (Å²) in [5.41, 5.74) is 1.03. The van der Waals surface area contributed by atoms with E-state index in [1.54, 1.807) is 18.4 Å². The van der Waals surface area contributed by atoms with E-state index in [-0.39, 0.29) is 11.9 Å². The number of hydrogen-bond donors (Lipinski definition) is 2. The van der Waals surface area contributed by atoms with E-state index in [1.165, 1.54) is 33.6 Å². The van der Waals surface area contributed by atoms with Gasteiger partial charge in [-0.1, -0.05) is 41.1 Å². The normalized spacial score (nSPS) is 16.3. The summed E-state index contributed by atoms with van der Waals surface area (Å²) >= 11 is 7.98. The van der Waals surface area contributed by atoms with Crippen LogP contribution in [0.3, 0.4) is 0 Å². The van der Waals surface area contributed by atoms with Crippen molar-refractivity contribution in [2.24, 2.45) is 0 Å². The second-order valence-electron chi connectivity index (χ2n) is 6.72. The fourth-order valence-electron chi connectivity index (χ4n) is 3.82. The van der Waals surface area contributed by atoms with Crippen molar-refractivity contribution in [3.8, 4) is 17.5 Å². The zero-order chi connectivity index (χ0) is 18.4. The average Bonchev–Trinajstić information content (AvgIpc) is 3.44. The van der Waals surface area contributed by atoms with Gasteiger partial charge in [0.2, 0.25) is 16.7 Å². The summed E-state index contributed by atoms with van der Waals surface area (Å²) in [5, 5.41) is 16.1. The lowest BCUT2D eigenvalue weighted by Gasteiger charge is -2.24. The van der Waals surface area contributed by atoms with Gasteiger partial charge in [-0.2, -0.15) is 9.50 Å². The van der Waals surface area contributed by atoms with Crippen molar-refractivity contribution in [3.05, 3.63) is 58.1 Å². The van der Waals surface area contributed by atoms with Gasteiger partial charge in [0.15, 0.2) is 11.8 Å². The molecule has 0 aliphatic carbocycles. The van der Waals surface area contributed by atoms with Gasteiger partial charge in [0.1, 0.15) is 4.88 Å². The molecular formula is C19H18ClN4O2S+. The van der Waals surface area contributed by atoms with Gasteiger partial charge >= 0.3 is 0 Å². The summed E-state index contributed by atoms with van der Waals surface area (Å²) in [7, 11) is 0. The molecule has 5 rings (SSSR count). The van der Waals surface area contributed by atoms with E-state index in [0.717, 1.165) is 28.6 Å². The highest BCUT2D eigenvalue weighted by atomic mass is 35.5. The minimum absolute atomic E-state index is 0.0261. The molecule has 2 N–H and O–H groups in total. The van der Waals surface area contributed by atoms with Crippen molar-refractivity contribution >= 4 is 27.9 Å². The first kappa shape index (κ1) is 16.8. The fourth-order valence-corrected chi connectivity index (χ4v) is 5.20. The van der Waals surface area contributed by atoms with E-state index in [1.807, 2.05) is 24.3 Å². The van der Waals surface area contributed by atoms with Crippen molar-refractivity contribution < 1.29 is 14.4 Å². The van der Waals surface area contributed by atoms with Gasteiger partial charge in [-0.15, -0.1) is 5.10 Å². The number of rotatable bonds is 4. The second kappa shape index (κ2) is 6.67. The lowest BCUT2D eigenvalue weighted by molar-refractivity contribution is -0.913. The van der Waals surface area contributed by atoms with Gasteiger partial charge in [0.25, 0.3) is 0 Å². The number of nitrogens with one attached hydrogen (secondary N) is 1. The third kappa shape index (κ3) is 2.82. The van der Waals surface area contributed by atoms with Crippen LogP contribution < -0.4 is 4.90 Å². The number of aromatic hydroxyl groups is 1. The molecule has 138 valence electrons. The van der Waals surface area contributed by atoms with Crippen LogP contribution in [0.25, 0.3) is 16.5 Å². The molecule has 3 aromatic heterocycles. The lowest BCUT2D eigenvalue weighted by Crippen LogP contribution is -3.10. The van der Waals surface area contributed by atoms with Crippen LogP contribution in [0.2, 0.25) is 5.02 Å². The average molecular weight is 402 g/mol. The first-order chi connectivity index (χ1) is 13.2. The maximum Gasteiger partial charge on any atom is 0.235 e. The number of thiazole rings is 1. The van der Waals surface area contributed by atoms with Gasteiger partial charge in [0.05, 0.1) is 24.4 Å². The van der Waals surface area contributed by atoms with E-state index in [0.29, 0.717) is 16.5 Å². The van der Waals surface area contributed by atoms with E-state index in [2.05, 4.69) is 10.1 Å². The smallest absolute Gasteiger partial charge is 0.235 e. The number of hydrogen-bond acceptors (Lipinski definition) is 5. The Kier molecular flexibility index (Phi) is 4.15. The first-order valence-corrected chi connectivity index (χ1v) is 10.1. The minimum atomic E-state index is -0.0261. The Morgan fingerprint density at radius 1 is 1.19 bits per heavy atom. The van der Waals surface area contributed by atoms with Gasteiger partial charge in [-0.25, -0.2) is 0 Å². The summed E-state index contributed by atoms with van der Waals surface area (Å²) in [6.07, 6.45) is 3.95. The molecule has 0 radical (unpaired) electrons. The van der Waals surface area contributed by atoms with Gasteiger partial charge in [0, 0.05) is 18.4 Å². The topological polar surface area (TPSA) is 68.0 Å². The van der Waals surface area contributed by atoms with E-state index in [9.17, 15) is 5.11 Å². The molecule has 1 aromatic carbocycles. The molecule has 0 amide bonds. The molecule has 4 aromatic rings. The molecule has 0 saturated carbocycles. The molecule has 4 heterocycles. The molecule has 1 atom stereocenters. The van der Waals surface area contributed by atoms with Crippen molar-refractivity contribution in [1.82, 2.24) is 14.6 Å². The third-order valence-corrected chi connectivity index (χ3v) is 6.50. The molecule has 0 bridgehead atoms. The molecule has 1 aliphatic heterocycles. The molecule has 27 heavy (non-hydrogen) atoms. The van der Waals surface area contributed by atoms with Gasteiger partial charge in [-0.05, 0) is 18.2 Å². The predicted molar refractivity (Wildman–Crippen MR) is 103 cm³/mol. The standard InChI is InChI=1S/C19H17ClN4O2S/c20-13-7-2-1-6-12(13)15(23-9-3-4-10-23)16-18(25)24-19(27-16)21-17(22-24)14-8-5-11-26-14/h1-2,5-8,11,15,25H,3-4,9-10H2/p+1/t15-/m1/s1. The van der Waals surface area contributed by atoms with E-state index >= 15 is 0 Å². The highest BCUT2D eigenvalue weighted by molar-refractivity contribution is 7.17. The van der Waals surface area contributed by atoms with Crippen LogP contribution in [0.1, 0.15) is 29.3 Å². The molecule has 6 nitrogen and oxygen atoms in total. The number of likely N-dealkylation sites (tertiary alicyclic amines) is 1. The highest BCUT2D eigenvalue weighted by Gasteiger charge is 2.35. The number of halogens is 1. The largest absolute Gasteiger partial charge is 0.492 e. The van der Waals surface area contributed by atoms with E-state index < -0.39 is 0 Å². The number of fused-ring (bicyclic) bond motifs is 1. The zero-order valence-electron chi connectivity index (χ0n) is 14.4.